The van der Waals surface area contributed by atoms with Gasteiger partial charge in [-0.15, -0.1) is 0 Å². The average molecular weight is 167 g/mol. The summed E-state index contributed by atoms with van der Waals surface area (Å²) in [5, 5.41) is 2.47. The van der Waals surface area contributed by atoms with E-state index in [9.17, 15) is 4.79 Å². The van der Waals surface area contributed by atoms with Crippen LogP contribution in [0.25, 0.3) is 0 Å². The van der Waals surface area contributed by atoms with Crippen molar-refractivity contribution in [2.45, 2.75) is 4.90 Å². The quantitative estimate of drug-likeness (QED) is 0.678. The lowest BCUT2D eigenvalue weighted by molar-refractivity contribution is 0.0958. The molecule has 1 radical (unpaired) electrons. The Balaban J connectivity index is 2.90. The summed E-state index contributed by atoms with van der Waals surface area (Å²) in [4.78, 5) is 15.4. The SMILES string of the molecule is CNC(=O)c1ccc([S])cn1. The van der Waals surface area contributed by atoms with Crippen molar-refractivity contribution in [3.05, 3.63) is 24.0 Å². The van der Waals surface area contributed by atoms with Gasteiger partial charge in [-0.3, -0.25) is 4.79 Å². The molecule has 1 aromatic heterocycles. The second-order valence-corrected chi connectivity index (χ2v) is 2.43. The topological polar surface area (TPSA) is 42.0 Å². The van der Waals surface area contributed by atoms with E-state index >= 15 is 0 Å². The average Bonchev–Trinajstić information content (AvgIpc) is 2.05. The predicted octanol–water partition coefficient (Wildman–Crippen LogP) is 0.998. The molecule has 3 nitrogen and oxygen atoms in total. The van der Waals surface area contributed by atoms with Gasteiger partial charge in [0.2, 0.25) is 0 Å². The Morgan fingerprint density at radius 2 is 2.36 bits per heavy atom. The molecule has 0 saturated carbocycles. The van der Waals surface area contributed by atoms with E-state index in [-0.39, 0.29) is 5.91 Å². The summed E-state index contributed by atoms with van der Waals surface area (Å²) in [5.41, 5.74) is 0.390. The van der Waals surface area contributed by atoms with Crippen LogP contribution in [-0.4, -0.2) is 17.9 Å². The molecule has 1 rings (SSSR count). The first-order valence-corrected chi connectivity index (χ1v) is 3.50. The second-order valence-electron chi connectivity index (χ2n) is 1.96. The lowest BCUT2D eigenvalue weighted by atomic mass is 10.3. The molecule has 1 N–H and O–H groups in total. The second kappa shape index (κ2) is 3.30. The Labute approximate surface area is 70.2 Å². The van der Waals surface area contributed by atoms with E-state index in [0.717, 1.165) is 0 Å². The number of hydrogen-bond donors (Lipinski definition) is 1. The van der Waals surface area contributed by atoms with Gasteiger partial charge in [0, 0.05) is 13.2 Å². The number of nitrogens with one attached hydrogen (secondary N) is 1. The van der Waals surface area contributed by atoms with Crippen LogP contribution in [0.4, 0.5) is 0 Å². The molecule has 0 spiro atoms. The molecule has 0 bridgehead atoms. The Kier molecular flexibility index (Phi) is 2.38. The third-order valence-corrected chi connectivity index (χ3v) is 1.44. The number of pyridine rings is 1. The molecule has 0 aliphatic rings. The number of amides is 1. The van der Waals surface area contributed by atoms with Gasteiger partial charge in [0.1, 0.15) is 5.69 Å². The summed E-state index contributed by atoms with van der Waals surface area (Å²) in [7, 11) is 1.56. The molecule has 11 heavy (non-hydrogen) atoms. The maximum Gasteiger partial charge on any atom is 0.269 e. The van der Waals surface area contributed by atoms with Crippen LogP contribution in [0.1, 0.15) is 10.5 Å². The van der Waals surface area contributed by atoms with E-state index in [4.69, 9.17) is 12.6 Å². The fourth-order valence-electron chi connectivity index (χ4n) is 0.643. The Bertz CT molecular complexity index is 258. The van der Waals surface area contributed by atoms with Crippen molar-refractivity contribution >= 4 is 18.5 Å². The molecule has 0 unspecified atom stereocenters. The highest BCUT2D eigenvalue weighted by atomic mass is 32.1. The van der Waals surface area contributed by atoms with Crippen molar-refractivity contribution < 1.29 is 4.79 Å². The van der Waals surface area contributed by atoms with Crippen molar-refractivity contribution in [3.63, 3.8) is 0 Å². The van der Waals surface area contributed by atoms with E-state index in [0.29, 0.717) is 10.6 Å². The molecular formula is C7H7N2OS. The van der Waals surface area contributed by atoms with Crippen LogP contribution in [-0.2, 0) is 0 Å². The van der Waals surface area contributed by atoms with Crippen LogP contribution in [0, 0.1) is 0 Å². The summed E-state index contributed by atoms with van der Waals surface area (Å²) >= 11 is 4.80. The minimum Gasteiger partial charge on any atom is -0.354 e. The molecule has 1 amide bonds. The summed E-state index contributed by atoms with van der Waals surface area (Å²) in [6.45, 7) is 0. The molecule has 57 valence electrons. The Morgan fingerprint density at radius 3 is 2.82 bits per heavy atom. The number of carbonyl (C=O) groups is 1. The molecule has 4 heteroatoms. The zero-order valence-corrected chi connectivity index (χ0v) is 6.81. The van der Waals surface area contributed by atoms with Crippen LogP contribution in [0.2, 0.25) is 0 Å². The first kappa shape index (κ1) is 7.94. The first-order valence-electron chi connectivity index (χ1n) is 3.09. The standard InChI is InChI=1S/C7H7N2OS/c1-8-7(10)6-3-2-5(11)4-9-6/h2-4H,1H3,(H,8,10). The zero-order valence-electron chi connectivity index (χ0n) is 6.00. The fraction of sp³-hybridized carbons (Fsp3) is 0.143. The minimum absolute atomic E-state index is 0.194. The van der Waals surface area contributed by atoms with Gasteiger partial charge in [0.15, 0.2) is 0 Å². The normalized spacial score (nSPS) is 9.18. The number of rotatable bonds is 1. The van der Waals surface area contributed by atoms with Crippen molar-refractivity contribution in [1.82, 2.24) is 10.3 Å². The van der Waals surface area contributed by atoms with E-state index in [2.05, 4.69) is 10.3 Å². The van der Waals surface area contributed by atoms with Crippen LogP contribution >= 0.6 is 12.6 Å². The van der Waals surface area contributed by atoms with E-state index in [1.165, 1.54) is 6.20 Å². The smallest absolute Gasteiger partial charge is 0.269 e. The van der Waals surface area contributed by atoms with Crippen molar-refractivity contribution in [2.24, 2.45) is 0 Å². The maximum absolute atomic E-state index is 10.9. The monoisotopic (exact) mass is 167 g/mol. The summed E-state index contributed by atoms with van der Waals surface area (Å²) in [6.07, 6.45) is 1.49. The van der Waals surface area contributed by atoms with Crippen molar-refractivity contribution in [3.8, 4) is 0 Å². The van der Waals surface area contributed by atoms with Gasteiger partial charge in [-0.05, 0) is 12.1 Å². The van der Waals surface area contributed by atoms with Crippen molar-refractivity contribution in [1.29, 1.82) is 0 Å². The molecule has 0 aromatic carbocycles. The lowest BCUT2D eigenvalue weighted by Gasteiger charge is -1.96. The van der Waals surface area contributed by atoms with Gasteiger partial charge in [0.05, 0.1) is 4.90 Å². The number of carbonyl (C=O) groups excluding carboxylic acids is 1. The number of nitrogens with zero attached hydrogens (tertiary/aromatic N) is 1. The molecule has 0 aliphatic carbocycles. The predicted molar refractivity (Wildman–Crippen MR) is 43.5 cm³/mol. The van der Waals surface area contributed by atoms with Gasteiger partial charge in [-0.1, -0.05) is 12.6 Å². The van der Waals surface area contributed by atoms with Crippen LogP contribution < -0.4 is 5.32 Å². The van der Waals surface area contributed by atoms with E-state index in [1.807, 2.05) is 0 Å². The third-order valence-electron chi connectivity index (χ3n) is 1.20. The van der Waals surface area contributed by atoms with Crippen LogP contribution in [0.3, 0.4) is 0 Å². The molecule has 1 aromatic rings. The molecule has 0 saturated heterocycles. The highest BCUT2D eigenvalue weighted by molar-refractivity contribution is 7.80. The molecule has 0 aliphatic heterocycles. The van der Waals surface area contributed by atoms with Gasteiger partial charge >= 0.3 is 0 Å². The van der Waals surface area contributed by atoms with Gasteiger partial charge in [0.25, 0.3) is 5.91 Å². The number of aromatic nitrogens is 1. The Morgan fingerprint density at radius 1 is 1.64 bits per heavy atom. The van der Waals surface area contributed by atoms with E-state index in [1.54, 1.807) is 19.2 Å². The zero-order chi connectivity index (χ0) is 8.27. The lowest BCUT2D eigenvalue weighted by Crippen LogP contribution is -2.18. The largest absolute Gasteiger partial charge is 0.354 e. The molecular weight excluding hydrogens is 160 g/mol. The van der Waals surface area contributed by atoms with Gasteiger partial charge in [-0.25, -0.2) is 4.98 Å². The first-order chi connectivity index (χ1) is 5.24. The van der Waals surface area contributed by atoms with Crippen LogP contribution in [0.5, 0.6) is 0 Å². The van der Waals surface area contributed by atoms with Crippen molar-refractivity contribution in [2.75, 3.05) is 7.05 Å². The fourth-order valence-corrected chi connectivity index (χ4v) is 0.763. The molecule has 0 fully saturated rings. The molecule has 1 heterocycles. The minimum atomic E-state index is -0.194. The maximum atomic E-state index is 10.9. The highest BCUT2D eigenvalue weighted by Crippen LogP contribution is 2.03. The highest BCUT2D eigenvalue weighted by Gasteiger charge is 2.02. The van der Waals surface area contributed by atoms with Crippen LogP contribution in [0.15, 0.2) is 23.2 Å². The summed E-state index contributed by atoms with van der Waals surface area (Å²) in [5.74, 6) is -0.194. The van der Waals surface area contributed by atoms with Gasteiger partial charge in [-0.2, -0.15) is 0 Å². The third kappa shape index (κ3) is 1.88. The summed E-state index contributed by atoms with van der Waals surface area (Å²) < 4.78 is 0. The van der Waals surface area contributed by atoms with E-state index < -0.39 is 0 Å². The summed E-state index contributed by atoms with van der Waals surface area (Å²) in [6, 6.07) is 3.27. The number of hydrogen-bond acceptors (Lipinski definition) is 2. The Hall–Kier alpha value is -1.16. The molecule has 0 atom stereocenters. The van der Waals surface area contributed by atoms with Gasteiger partial charge < -0.3 is 5.32 Å².